The number of aromatic nitrogens is 4. The summed E-state index contributed by atoms with van der Waals surface area (Å²) >= 11 is 1.23. The molecule has 0 saturated carbocycles. The van der Waals surface area contributed by atoms with E-state index in [-0.39, 0.29) is 18.1 Å². The Morgan fingerprint density at radius 1 is 1.31 bits per heavy atom. The van der Waals surface area contributed by atoms with Crippen molar-refractivity contribution in [2.75, 3.05) is 11.9 Å². The summed E-state index contributed by atoms with van der Waals surface area (Å²) in [6.45, 7) is 5.82. The molecule has 0 saturated heterocycles. The average Bonchev–Trinajstić information content (AvgIpc) is 2.93. The van der Waals surface area contributed by atoms with Gasteiger partial charge >= 0.3 is 0 Å². The summed E-state index contributed by atoms with van der Waals surface area (Å²) in [7, 11) is 1.83. The van der Waals surface area contributed by atoms with Gasteiger partial charge in [0.2, 0.25) is 5.91 Å². The van der Waals surface area contributed by atoms with Crippen LogP contribution in [0.2, 0.25) is 0 Å². The lowest BCUT2D eigenvalue weighted by atomic mass is 10.2. The normalized spacial score (nSPS) is 12.3. The van der Waals surface area contributed by atoms with Gasteiger partial charge < -0.3 is 10.4 Å². The molecule has 0 fully saturated rings. The average molecular weight is 416 g/mol. The molecule has 0 spiro atoms. The summed E-state index contributed by atoms with van der Waals surface area (Å²) < 4.78 is 3.26. The number of anilines is 1. The van der Waals surface area contributed by atoms with Crippen LogP contribution in [0.15, 0.2) is 34.2 Å². The van der Waals surface area contributed by atoms with Gasteiger partial charge in [0.25, 0.3) is 5.56 Å². The molecular formula is C20H25N5O3S. The lowest BCUT2D eigenvalue weighted by molar-refractivity contribution is -0.115. The van der Waals surface area contributed by atoms with Crippen LogP contribution in [-0.2, 0) is 18.4 Å². The number of nitrogens with one attached hydrogen (secondary N) is 1. The fourth-order valence-corrected chi connectivity index (χ4v) is 3.99. The van der Waals surface area contributed by atoms with Crippen molar-refractivity contribution in [1.29, 1.82) is 0 Å². The molecule has 154 valence electrons. The molecule has 29 heavy (non-hydrogen) atoms. The first-order valence-electron chi connectivity index (χ1n) is 9.41. The molecule has 2 N–H and O–H groups in total. The molecule has 2 aromatic heterocycles. The SMILES string of the molecule is Cc1nn(C)c(C)c1NC(=O)[C@H](C)Sc1nc2ccccc2c(=O)n1CCCO. The van der Waals surface area contributed by atoms with Crippen molar-refractivity contribution in [3.8, 4) is 0 Å². The van der Waals surface area contributed by atoms with E-state index in [2.05, 4.69) is 15.4 Å². The fourth-order valence-electron chi connectivity index (χ4n) is 3.05. The van der Waals surface area contributed by atoms with Crippen molar-refractivity contribution in [3.05, 3.63) is 46.0 Å². The Balaban J connectivity index is 1.89. The number of amides is 1. The highest BCUT2D eigenvalue weighted by Gasteiger charge is 2.21. The maximum atomic E-state index is 12.9. The van der Waals surface area contributed by atoms with E-state index in [1.54, 1.807) is 29.8 Å². The third-order valence-corrected chi connectivity index (χ3v) is 5.87. The lowest BCUT2D eigenvalue weighted by Crippen LogP contribution is -2.27. The van der Waals surface area contributed by atoms with Crippen LogP contribution < -0.4 is 10.9 Å². The molecule has 9 heteroatoms. The fraction of sp³-hybridized carbons (Fsp3) is 0.400. The highest BCUT2D eigenvalue weighted by molar-refractivity contribution is 8.00. The van der Waals surface area contributed by atoms with Gasteiger partial charge in [-0.2, -0.15) is 5.10 Å². The number of nitrogens with zero attached hydrogens (tertiary/aromatic N) is 4. The summed E-state index contributed by atoms with van der Waals surface area (Å²) in [4.78, 5) is 30.3. The lowest BCUT2D eigenvalue weighted by Gasteiger charge is -2.16. The minimum atomic E-state index is -0.484. The van der Waals surface area contributed by atoms with E-state index in [1.165, 1.54) is 16.3 Å². The molecule has 0 unspecified atom stereocenters. The van der Waals surface area contributed by atoms with E-state index in [1.807, 2.05) is 27.0 Å². The van der Waals surface area contributed by atoms with Gasteiger partial charge in [0.05, 0.1) is 33.2 Å². The minimum absolute atomic E-state index is 0.0288. The quantitative estimate of drug-likeness (QED) is 0.453. The summed E-state index contributed by atoms with van der Waals surface area (Å²) in [5.74, 6) is -0.190. The number of aliphatic hydroxyl groups excluding tert-OH is 1. The Hall–Kier alpha value is -2.65. The molecule has 0 bridgehead atoms. The molecule has 8 nitrogen and oxygen atoms in total. The highest BCUT2D eigenvalue weighted by Crippen LogP contribution is 2.25. The van der Waals surface area contributed by atoms with Crippen LogP contribution in [0.3, 0.4) is 0 Å². The van der Waals surface area contributed by atoms with Crippen molar-refractivity contribution >= 4 is 34.3 Å². The number of benzene rings is 1. The van der Waals surface area contributed by atoms with Crippen LogP contribution in [0.5, 0.6) is 0 Å². The molecule has 1 amide bonds. The third kappa shape index (κ3) is 4.35. The second-order valence-electron chi connectivity index (χ2n) is 6.86. The highest BCUT2D eigenvalue weighted by atomic mass is 32.2. The van der Waals surface area contributed by atoms with Crippen LogP contribution in [0.25, 0.3) is 10.9 Å². The Kier molecular flexibility index (Phi) is 6.39. The van der Waals surface area contributed by atoms with Gasteiger partial charge in [0, 0.05) is 20.2 Å². The summed E-state index contributed by atoms with van der Waals surface area (Å²) in [6.07, 6.45) is 0.433. The second-order valence-corrected chi connectivity index (χ2v) is 8.17. The van der Waals surface area contributed by atoms with Gasteiger partial charge in [-0.1, -0.05) is 23.9 Å². The van der Waals surface area contributed by atoms with Gasteiger partial charge in [0.1, 0.15) is 0 Å². The van der Waals surface area contributed by atoms with Crippen molar-refractivity contribution in [3.63, 3.8) is 0 Å². The molecule has 3 aromatic rings. The summed E-state index contributed by atoms with van der Waals surface area (Å²) in [5.41, 5.74) is 2.75. The van der Waals surface area contributed by atoms with Gasteiger partial charge in [0.15, 0.2) is 5.16 Å². The van der Waals surface area contributed by atoms with Gasteiger partial charge in [-0.3, -0.25) is 18.8 Å². The number of thioether (sulfide) groups is 1. The smallest absolute Gasteiger partial charge is 0.262 e. The number of fused-ring (bicyclic) bond motifs is 1. The molecule has 1 atom stereocenters. The van der Waals surface area contributed by atoms with E-state index in [4.69, 9.17) is 0 Å². The van der Waals surface area contributed by atoms with Crippen LogP contribution in [0.1, 0.15) is 24.7 Å². The monoisotopic (exact) mass is 415 g/mol. The van der Waals surface area contributed by atoms with E-state index in [9.17, 15) is 14.7 Å². The van der Waals surface area contributed by atoms with Crippen LogP contribution in [0.4, 0.5) is 5.69 Å². The van der Waals surface area contributed by atoms with E-state index >= 15 is 0 Å². The predicted octanol–water partition coefficient (Wildman–Crippen LogP) is 2.25. The molecule has 0 aliphatic carbocycles. The Labute approximate surface area is 173 Å². The number of aryl methyl sites for hydroxylation is 2. The van der Waals surface area contributed by atoms with Gasteiger partial charge in [-0.05, 0) is 39.3 Å². The number of aliphatic hydroxyl groups is 1. The number of rotatable bonds is 7. The number of hydrogen-bond donors (Lipinski definition) is 2. The molecule has 1 aromatic carbocycles. The summed E-state index contributed by atoms with van der Waals surface area (Å²) in [6, 6.07) is 7.14. The van der Waals surface area contributed by atoms with Crippen molar-refractivity contribution < 1.29 is 9.90 Å². The Morgan fingerprint density at radius 3 is 2.69 bits per heavy atom. The first-order valence-corrected chi connectivity index (χ1v) is 10.3. The molecular weight excluding hydrogens is 390 g/mol. The van der Waals surface area contributed by atoms with Gasteiger partial charge in [-0.25, -0.2) is 4.98 Å². The van der Waals surface area contributed by atoms with Crippen molar-refractivity contribution in [1.82, 2.24) is 19.3 Å². The maximum Gasteiger partial charge on any atom is 0.262 e. The topological polar surface area (TPSA) is 102 Å². The van der Waals surface area contributed by atoms with E-state index in [0.29, 0.717) is 34.7 Å². The maximum absolute atomic E-state index is 12.9. The number of para-hydroxylation sites is 1. The zero-order valence-electron chi connectivity index (χ0n) is 17.0. The van der Waals surface area contributed by atoms with Crippen molar-refractivity contribution in [2.24, 2.45) is 7.05 Å². The van der Waals surface area contributed by atoms with Crippen LogP contribution in [-0.4, -0.2) is 42.2 Å². The molecule has 0 aliphatic rings. The first kappa shape index (κ1) is 21.1. The second kappa shape index (κ2) is 8.79. The van der Waals surface area contributed by atoms with E-state index in [0.717, 1.165) is 11.4 Å². The number of hydrogen-bond acceptors (Lipinski definition) is 6. The standard InChI is InChI=1S/C20H25N5O3S/c1-12-17(13(2)24(4)23-12)22-18(27)14(3)29-20-21-16-9-6-5-8-15(16)19(28)25(20)10-7-11-26/h5-6,8-9,14,26H,7,10-11H2,1-4H3,(H,22,27)/t14-/m0/s1. The summed E-state index contributed by atoms with van der Waals surface area (Å²) in [5, 5.41) is 16.9. The zero-order chi connectivity index (χ0) is 21.1. The Morgan fingerprint density at radius 2 is 2.03 bits per heavy atom. The third-order valence-electron chi connectivity index (χ3n) is 4.78. The van der Waals surface area contributed by atoms with E-state index < -0.39 is 5.25 Å². The van der Waals surface area contributed by atoms with Crippen LogP contribution >= 0.6 is 11.8 Å². The first-order chi connectivity index (χ1) is 13.8. The van der Waals surface area contributed by atoms with Gasteiger partial charge in [-0.15, -0.1) is 0 Å². The zero-order valence-corrected chi connectivity index (χ0v) is 17.8. The number of carbonyl (C=O) groups excluding carboxylic acids is 1. The number of carbonyl (C=O) groups is 1. The van der Waals surface area contributed by atoms with Crippen molar-refractivity contribution in [2.45, 2.75) is 44.1 Å². The predicted molar refractivity (Wildman–Crippen MR) is 114 cm³/mol. The van der Waals surface area contributed by atoms with Crippen LogP contribution in [0, 0.1) is 13.8 Å². The molecule has 3 rings (SSSR count). The Bertz CT molecular complexity index is 1110. The molecule has 2 heterocycles. The largest absolute Gasteiger partial charge is 0.396 e. The minimum Gasteiger partial charge on any atom is -0.396 e. The molecule has 0 radical (unpaired) electrons. The molecule has 0 aliphatic heterocycles.